The highest BCUT2D eigenvalue weighted by Crippen LogP contribution is 2.13. The van der Waals surface area contributed by atoms with Crippen LogP contribution in [0.25, 0.3) is 0 Å². The Morgan fingerprint density at radius 1 is 1.09 bits per heavy atom. The fourth-order valence-electron chi connectivity index (χ4n) is 0.196. The smallest absolute Gasteiger partial charge is 0.240 e. The lowest BCUT2D eigenvalue weighted by atomic mass is 10.8. The van der Waals surface area contributed by atoms with Crippen LogP contribution in [0.3, 0.4) is 0 Å². The molecule has 0 saturated carbocycles. The standard InChI is InChI=1S/C4H4Cl2O4S/c5-1(7)3(9)11-4(10)2(6)8/h1-2,7-8H. The molecule has 0 aliphatic rings. The van der Waals surface area contributed by atoms with E-state index in [0.29, 0.717) is 0 Å². The van der Waals surface area contributed by atoms with Crippen LogP contribution in [0.5, 0.6) is 0 Å². The zero-order chi connectivity index (χ0) is 9.02. The van der Waals surface area contributed by atoms with Gasteiger partial charge in [0, 0.05) is 0 Å². The fraction of sp³-hybridized carbons (Fsp3) is 0.500. The van der Waals surface area contributed by atoms with E-state index in [0.717, 1.165) is 0 Å². The maximum atomic E-state index is 10.4. The molecule has 0 heterocycles. The average molecular weight is 219 g/mol. The van der Waals surface area contributed by atoms with Crippen LogP contribution in [0.1, 0.15) is 0 Å². The minimum atomic E-state index is -1.75. The van der Waals surface area contributed by atoms with Gasteiger partial charge in [0.25, 0.3) is 0 Å². The Hall–Kier alpha value is 0.190. The van der Waals surface area contributed by atoms with E-state index in [2.05, 4.69) is 0 Å². The van der Waals surface area contributed by atoms with Crippen molar-refractivity contribution in [3.63, 3.8) is 0 Å². The van der Waals surface area contributed by atoms with Crippen molar-refractivity contribution >= 4 is 45.2 Å². The van der Waals surface area contributed by atoms with Gasteiger partial charge in [-0.05, 0) is 11.8 Å². The molecule has 2 atom stereocenters. The molecule has 0 rings (SSSR count). The van der Waals surface area contributed by atoms with Gasteiger partial charge >= 0.3 is 0 Å². The van der Waals surface area contributed by atoms with Crippen LogP contribution in [0.4, 0.5) is 0 Å². The first kappa shape index (κ1) is 11.2. The SMILES string of the molecule is O=C(SC(=O)C(O)Cl)C(O)Cl. The van der Waals surface area contributed by atoms with Gasteiger partial charge in [-0.25, -0.2) is 0 Å². The summed E-state index contributed by atoms with van der Waals surface area (Å²) in [5, 5.41) is 14.8. The highest BCUT2D eigenvalue weighted by molar-refractivity contribution is 8.26. The molecule has 0 fully saturated rings. The molecule has 11 heavy (non-hydrogen) atoms. The van der Waals surface area contributed by atoms with Crippen molar-refractivity contribution in [1.82, 2.24) is 0 Å². The first-order valence-corrected chi connectivity index (χ1v) is 4.04. The van der Waals surface area contributed by atoms with E-state index in [1.165, 1.54) is 0 Å². The monoisotopic (exact) mass is 218 g/mol. The predicted octanol–water partition coefficient (Wildman–Crippen LogP) is -0.113. The quantitative estimate of drug-likeness (QED) is 0.633. The summed E-state index contributed by atoms with van der Waals surface area (Å²) in [6, 6.07) is 0. The molecule has 2 unspecified atom stereocenters. The first-order valence-electron chi connectivity index (χ1n) is 2.35. The summed E-state index contributed by atoms with van der Waals surface area (Å²) in [6.07, 6.45) is 0. The highest BCUT2D eigenvalue weighted by Gasteiger charge is 2.21. The summed E-state index contributed by atoms with van der Waals surface area (Å²) >= 11 is 9.84. The van der Waals surface area contributed by atoms with Gasteiger partial charge in [0.15, 0.2) is 11.1 Å². The number of alkyl halides is 2. The van der Waals surface area contributed by atoms with Crippen LogP contribution in [0.15, 0.2) is 0 Å². The average Bonchev–Trinajstić information content (AvgIpc) is 1.87. The summed E-state index contributed by atoms with van der Waals surface area (Å²) < 4.78 is 0. The summed E-state index contributed by atoms with van der Waals surface area (Å²) in [7, 11) is 0. The van der Waals surface area contributed by atoms with E-state index in [4.69, 9.17) is 33.4 Å². The zero-order valence-electron chi connectivity index (χ0n) is 5.03. The van der Waals surface area contributed by atoms with E-state index in [1.807, 2.05) is 0 Å². The second-order valence-corrected chi connectivity index (χ2v) is 3.25. The van der Waals surface area contributed by atoms with Crippen LogP contribution >= 0.6 is 35.0 Å². The van der Waals surface area contributed by atoms with Gasteiger partial charge in [-0.2, -0.15) is 0 Å². The molecule has 0 amide bonds. The summed E-state index contributed by atoms with van der Waals surface area (Å²) in [4.78, 5) is 20.9. The highest BCUT2D eigenvalue weighted by atomic mass is 35.5. The molecule has 64 valence electrons. The molecule has 7 heteroatoms. The van der Waals surface area contributed by atoms with Crippen LogP contribution in [-0.2, 0) is 9.59 Å². The largest absolute Gasteiger partial charge is 0.370 e. The molecule has 0 bridgehead atoms. The van der Waals surface area contributed by atoms with Crippen molar-refractivity contribution in [2.24, 2.45) is 0 Å². The molecule has 0 aromatic rings. The number of aliphatic hydroxyl groups excluding tert-OH is 2. The van der Waals surface area contributed by atoms with E-state index in [1.54, 1.807) is 0 Å². The third kappa shape index (κ3) is 4.60. The Morgan fingerprint density at radius 2 is 1.36 bits per heavy atom. The van der Waals surface area contributed by atoms with Crippen LogP contribution in [0.2, 0.25) is 0 Å². The molecular formula is C4H4Cl2O4S. The number of hydrogen-bond acceptors (Lipinski definition) is 5. The van der Waals surface area contributed by atoms with Gasteiger partial charge in [0.05, 0.1) is 0 Å². The van der Waals surface area contributed by atoms with Gasteiger partial charge in [-0.15, -0.1) is 0 Å². The molecule has 0 aromatic carbocycles. The summed E-state index contributed by atoms with van der Waals surface area (Å²) in [5.41, 5.74) is -3.50. The third-order valence-corrected chi connectivity index (χ3v) is 2.09. The number of thioether (sulfide) groups is 1. The lowest BCUT2D eigenvalue weighted by Gasteiger charge is -2.00. The molecule has 0 saturated heterocycles. The Labute approximate surface area is 76.5 Å². The number of carbonyl (C=O) groups excluding carboxylic acids is 2. The van der Waals surface area contributed by atoms with Crippen molar-refractivity contribution < 1.29 is 19.8 Å². The molecule has 0 aliphatic heterocycles. The molecule has 2 N–H and O–H groups in total. The van der Waals surface area contributed by atoms with Crippen molar-refractivity contribution in [2.75, 3.05) is 0 Å². The van der Waals surface area contributed by atoms with Crippen molar-refractivity contribution in [3.8, 4) is 0 Å². The number of hydrogen-bond donors (Lipinski definition) is 2. The van der Waals surface area contributed by atoms with E-state index in [9.17, 15) is 9.59 Å². The van der Waals surface area contributed by atoms with Crippen LogP contribution < -0.4 is 0 Å². The zero-order valence-corrected chi connectivity index (χ0v) is 7.36. The van der Waals surface area contributed by atoms with Crippen molar-refractivity contribution in [1.29, 1.82) is 0 Å². The molecule has 0 aliphatic carbocycles. The van der Waals surface area contributed by atoms with Crippen molar-refractivity contribution in [2.45, 2.75) is 11.1 Å². The van der Waals surface area contributed by atoms with Gasteiger partial charge in [0.2, 0.25) is 10.2 Å². The third-order valence-electron chi connectivity index (χ3n) is 0.590. The van der Waals surface area contributed by atoms with Crippen LogP contribution in [-0.4, -0.2) is 31.6 Å². The van der Waals surface area contributed by atoms with E-state index < -0.39 is 21.4 Å². The molecule has 0 radical (unpaired) electrons. The lowest BCUT2D eigenvalue weighted by Crippen LogP contribution is -2.16. The Bertz CT molecular complexity index is 151. The minimum Gasteiger partial charge on any atom is -0.370 e. The molecule has 4 nitrogen and oxygen atoms in total. The maximum absolute atomic E-state index is 10.4. The topological polar surface area (TPSA) is 74.6 Å². The normalized spacial score (nSPS) is 15.6. The minimum absolute atomic E-state index is 0.0741. The fourth-order valence-corrected chi connectivity index (χ4v) is 0.856. The van der Waals surface area contributed by atoms with Crippen LogP contribution in [0, 0.1) is 0 Å². The Balaban J connectivity index is 3.86. The number of aliphatic hydroxyl groups is 2. The van der Waals surface area contributed by atoms with Gasteiger partial charge < -0.3 is 10.2 Å². The van der Waals surface area contributed by atoms with Gasteiger partial charge in [-0.1, -0.05) is 23.2 Å². The Morgan fingerprint density at radius 3 is 1.55 bits per heavy atom. The molecule has 0 spiro atoms. The van der Waals surface area contributed by atoms with E-state index in [-0.39, 0.29) is 11.8 Å². The maximum Gasteiger partial charge on any atom is 0.240 e. The second kappa shape index (κ2) is 4.95. The number of halogens is 2. The molecular weight excluding hydrogens is 215 g/mol. The molecule has 0 aromatic heterocycles. The predicted molar refractivity (Wildman–Crippen MR) is 41.3 cm³/mol. The Kier molecular flexibility index (Phi) is 5.03. The number of carbonyl (C=O) groups is 2. The van der Waals surface area contributed by atoms with Gasteiger partial charge in [0.1, 0.15) is 0 Å². The number of rotatable bonds is 2. The lowest BCUT2D eigenvalue weighted by molar-refractivity contribution is -0.117. The van der Waals surface area contributed by atoms with E-state index >= 15 is 0 Å². The first-order chi connectivity index (χ1) is 4.95. The second-order valence-electron chi connectivity index (χ2n) is 1.41. The van der Waals surface area contributed by atoms with Gasteiger partial charge in [-0.3, -0.25) is 9.59 Å². The van der Waals surface area contributed by atoms with Crippen molar-refractivity contribution in [3.05, 3.63) is 0 Å². The summed E-state index contributed by atoms with van der Waals surface area (Å²) in [6.45, 7) is 0. The summed E-state index contributed by atoms with van der Waals surface area (Å²) in [5.74, 6) is 0.